The van der Waals surface area contributed by atoms with E-state index in [1.54, 1.807) is 7.11 Å². The first kappa shape index (κ1) is 11.4. The Balaban J connectivity index is 1.88. The van der Waals surface area contributed by atoms with E-state index in [4.69, 9.17) is 9.47 Å². The highest BCUT2D eigenvalue weighted by molar-refractivity contribution is 5.30. The van der Waals surface area contributed by atoms with E-state index in [0.29, 0.717) is 19.1 Å². The van der Waals surface area contributed by atoms with Crippen LogP contribution >= 0.6 is 0 Å². The van der Waals surface area contributed by atoms with Crippen molar-refractivity contribution in [1.82, 2.24) is 5.32 Å². The van der Waals surface area contributed by atoms with E-state index in [0.717, 1.165) is 18.8 Å². The number of hydrogen-bond donors (Lipinski definition) is 1. The quantitative estimate of drug-likeness (QED) is 0.769. The van der Waals surface area contributed by atoms with E-state index in [9.17, 15) is 0 Å². The molecule has 1 aromatic rings. The van der Waals surface area contributed by atoms with Gasteiger partial charge in [-0.1, -0.05) is 12.1 Å². The number of rotatable bonds is 5. The van der Waals surface area contributed by atoms with Crippen molar-refractivity contribution >= 4 is 0 Å². The first-order valence-corrected chi connectivity index (χ1v) is 5.82. The standard InChI is InChI=1S/C13H19NO2/c1-15-8-9-16-13-4-2-11(3-5-13)12-6-7-14-10-12/h2-5,12,14H,6-10H2,1H3. The summed E-state index contributed by atoms with van der Waals surface area (Å²) in [6.07, 6.45) is 1.24. The zero-order valence-corrected chi connectivity index (χ0v) is 9.74. The van der Waals surface area contributed by atoms with E-state index in [-0.39, 0.29) is 0 Å². The van der Waals surface area contributed by atoms with Gasteiger partial charge in [0.05, 0.1) is 6.61 Å². The van der Waals surface area contributed by atoms with Crippen LogP contribution in [0, 0.1) is 0 Å². The molecule has 1 aromatic carbocycles. The normalized spacial score (nSPS) is 19.9. The molecule has 1 unspecified atom stereocenters. The molecule has 1 fully saturated rings. The number of ether oxygens (including phenoxy) is 2. The summed E-state index contributed by atoms with van der Waals surface area (Å²) in [6, 6.07) is 8.42. The average Bonchev–Trinajstić information content (AvgIpc) is 2.84. The molecule has 1 aliphatic heterocycles. The highest BCUT2D eigenvalue weighted by Gasteiger charge is 2.15. The molecule has 3 heteroatoms. The average molecular weight is 221 g/mol. The maximum Gasteiger partial charge on any atom is 0.119 e. The zero-order chi connectivity index (χ0) is 11.2. The van der Waals surface area contributed by atoms with Crippen LogP contribution in [0.15, 0.2) is 24.3 Å². The van der Waals surface area contributed by atoms with Gasteiger partial charge in [-0.3, -0.25) is 0 Å². The fourth-order valence-electron chi connectivity index (χ4n) is 2.02. The van der Waals surface area contributed by atoms with Crippen LogP contribution in [0.1, 0.15) is 17.9 Å². The summed E-state index contributed by atoms with van der Waals surface area (Å²) in [6.45, 7) is 3.48. The fraction of sp³-hybridized carbons (Fsp3) is 0.538. The minimum Gasteiger partial charge on any atom is -0.491 e. The third-order valence-corrected chi connectivity index (χ3v) is 2.97. The number of nitrogens with one attached hydrogen (secondary N) is 1. The van der Waals surface area contributed by atoms with E-state index in [2.05, 4.69) is 17.4 Å². The smallest absolute Gasteiger partial charge is 0.119 e. The predicted octanol–water partition coefficient (Wildman–Crippen LogP) is 1.79. The highest BCUT2D eigenvalue weighted by Crippen LogP contribution is 2.24. The molecule has 16 heavy (non-hydrogen) atoms. The summed E-state index contributed by atoms with van der Waals surface area (Å²) in [4.78, 5) is 0. The Hall–Kier alpha value is -1.06. The van der Waals surface area contributed by atoms with Crippen molar-refractivity contribution in [3.05, 3.63) is 29.8 Å². The number of benzene rings is 1. The lowest BCUT2D eigenvalue weighted by Gasteiger charge is -2.10. The summed E-state index contributed by atoms with van der Waals surface area (Å²) in [5.41, 5.74) is 1.41. The fourth-order valence-corrected chi connectivity index (χ4v) is 2.02. The van der Waals surface area contributed by atoms with Crippen molar-refractivity contribution in [2.75, 3.05) is 33.4 Å². The first-order valence-electron chi connectivity index (χ1n) is 5.82. The summed E-state index contributed by atoms with van der Waals surface area (Å²) in [7, 11) is 1.68. The largest absolute Gasteiger partial charge is 0.491 e. The minimum atomic E-state index is 0.612. The summed E-state index contributed by atoms with van der Waals surface area (Å²) < 4.78 is 10.5. The van der Waals surface area contributed by atoms with Crippen LogP contribution in [-0.2, 0) is 4.74 Å². The lowest BCUT2D eigenvalue weighted by Crippen LogP contribution is -2.08. The van der Waals surface area contributed by atoms with E-state index in [1.165, 1.54) is 12.0 Å². The second-order valence-corrected chi connectivity index (χ2v) is 4.10. The Kier molecular flexibility index (Phi) is 4.19. The molecule has 0 amide bonds. The molecule has 1 atom stereocenters. The molecule has 2 rings (SSSR count). The molecule has 0 radical (unpaired) electrons. The van der Waals surface area contributed by atoms with E-state index < -0.39 is 0 Å². The van der Waals surface area contributed by atoms with Crippen molar-refractivity contribution in [2.24, 2.45) is 0 Å². The van der Waals surface area contributed by atoms with Crippen molar-refractivity contribution in [3.63, 3.8) is 0 Å². The Morgan fingerprint density at radius 2 is 2.06 bits per heavy atom. The molecule has 1 heterocycles. The van der Waals surface area contributed by atoms with Crippen LogP contribution in [0.2, 0.25) is 0 Å². The highest BCUT2D eigenvalue weighted by atomic mass is 16.5. The number of methoxy groups -OCH3 is 1. The molecule has 0 saturated carbocycles. The number of hydrogen-bond acceptors (Lipinski definition) is 3. The van der Waals surface area contributed by atoms with Gasteiger partial charge in [-0.25, -0.2) is 0 Å². The predicted molar refractivity (Wildman–Crippen MR) is 64.0 cm³/mol. The third kappa shape index (κ3) is 2.97. The Bertz CT molecular complexity index is 304. The van der Waals surface area contributed by atoms with Crippen molar-refractivity contribution < 1.29 is 9.47 Å². The lowest BCUT2D eigenvalue weighted by atomic mass is 9.99. The van der Waals surface area contributed by atoms with Gasteiger partial charge < -0.3 is 14.8 Å². The summed E-state index contributed by atoms with van der Waals surface area (Å²) in [5.74, 6) is 1.60. The van der Waals surface area contributed by atoms with Crippen LogP contribution in [0.3, 0.4) is 0 Å². The van der Waals surface area contributed by atoms with Gasteiger partial charge in [0.2, 0.25) is 0 Å². The van der Waals surface area contributed by atoms with E-state index in [1.807, 2.05) is 12.1 Å². The SMILES string of the molecule is COCCOc1ccc(C2CCNC2)cc1. The second-order valence-electron chi connectivity index (χ2n) is 4.10. The van der Waals surface area contributed by atoms with Crippen molar-refractivity contribution in [3.8, 4) is 5.75 Å². The van der Waals surface area contributed by atoms with Gasteiger partial charge in [0.1, 0.15) is 12.4 Å². The second kappa shape index (κ2) is 5.87. The Morgan fingerprint density at radius 1 is 1.25 bits per heavy atom. The Labute approximate surface area is 96.8 Å². The molecule has 3 nitrogen and oxygen atoms in total. The van der Waals surface area contributed by atoms with Crippen LogP contribution in [0.4, 0.5) is 0 Å². The van der Waals surface area contributed by atoms with Gasteiger partial charge in [0.15, 0.2) is 0 Å². The molecular formula is C13H19NO2. The van der Waals surface area contributed by atoms with Gasteiger partial charge in [-0.05, 0) is 36.6 Å². The molecule has 0 aromatic heterocycles. The van der Waals surface area contributed by atoms with Crippen LogP contribution in [-0.4, -0.2) is 33.4 Å². The molecule has 1 N–H and O–H groups in total. The topological polar surface area (TPSA) is 30.5 Å². The lowest BCUT2D eigenvalue weighted by molar-refractivity contribution is 0.146. The van der Waals surface area contributed by atoms with Crippen molar-refractivity contribution in [1.29, 1.82) is 0 Å². The Morgan fingerprint density at radius 3 is 2.69 bits per heavy atom. The maximum atomic E-state index is 5.52. The minimum absolute atomic E-state index is 0.612. The van der Waals surface area contributed by atoms with Gasteiger partial charge in [0.25, 0.3) is 0 Å². The van der Waals surface area contributed by atoms with Gasteiger partial charge in [0, 0.05) is 13.7 Å². The molecule has 0 spiro atoms. The molecule has 88 valence electrons. The maximum absolute atomic E-state index is 5.52. The van der Waals surface area contributed by atoms with Crippen molar-refractivity contribution in [2.45, 2.75) is 12.3 Å². The molecule has 1 saturated heterocycles. The summed E-state index contributed by atoms with van der Waals surface area (Å²) in [5, 5.41) is 3.38. The van der Waals surface area contributed by atoms with Gasteiger partial charge in [-0.2, -0.15) is 0 Å². The first-order chi connectivity index (χ1) is 7.90. The molecular weight excluding hydrogens is 202 g/mol. The van der Waals surface area contributed by atoms with Crippen LogP contribution in [0.25, 0.3) is 0 Å². The third-order valence-electron chi connectivity index (χ3n) is 2.97. The van der Waals surface area contributed by atoms with Crippen LogP contribution < -0.4 is 10.1 Å². The summed E-state index contributed by atoms with van der Waals surface area (Å²) >= 11 is 0. The van der Waals surface area contributed by atoms with Gasteiger partial charge >= 0.3 is 0 Å². The zero-order valence-electron chi connectivity index (χ0n) is 9.74. The molecule has 0 bridgehead atoms. The monoisotopic (exact) mass is 221 g/mol. The molecule has 0 aliphatic carbocycles. The van der Waals surface area contributed by atoms with E-state index >= 15 is 0 Å². The van der Waals surface area contributed by atoms with Crippen LogP contribution in [0.5, 0.6) is 5.75 Å². The molecule has 1 aliphatic rings. The van der Waals surface area contributed by atoms with Gasteiger partial charge in [-0.15, -0.1) is 0 Å².